The van der Waals surface area contributed by atoms with Gasteiger partial charge in [0.05, 0.1) is 6.10 Å². The fourth-order valence-corrected chi connectivity index (χ4v) is 0.663. The Hall–Kier alpha value is -0.120. The summed E-state index contributed by atoms with van der Waals surface area (Å²) in [5, 5.41) is 12.0. The van der Waals surface area contributed by atoms with Crippen LogP contribution in [0, 0.1) is 0 Å². The van der Waals surface area contributed by atoms with Crippen molar-refractivity contribution in [2.75, 3.05) is 19.6 Å². The van der Waals surface area contributed by atoms with Crippen molar-refractivity contribution in [3.63, 3.8) is 0 Å². The SMILES string of the molecule is CC(O)CCNCCCN. The maximum absolute atomic E-state index is 8.84. The molecule has 10 heavy (non-hydrogen) atoms. The molecular formula is C7H18N2O. The number of aliphatic hydroxyl groups is 1. The van der Waals surface area contributed by atoms with Crippen molar-refractivity contribution in [3.8, 4) is 0 Å². The van der Waals surface area contributed by atoms with Crippen molar-refractivity contribution >= 4 is 0 Å². The molecule has 0 aromatic rings. The average molecular weight is 146 g/mol. The molecule has 0 aliphatic heterocycles. The number of hydrogen-bond acceptors (Lipinski definition) is 3. The van der Waals surface area contributed by atoms with Gasteiger partial charge in [0.25, 0.3) is 0 Å². The number of nitrogens with two attached hydrogens (primary N) is 1. The van der Waals surface area contributed by atoms with Gasteiger partial charge in [0.1, 0.15) is 0 Å². The van der Waals surface area contributed by atoms with Gasteiger partial charge in [0.2, 0.25) is 0 Å². The van der Waals surface area contributed by atoms with E-state index in [0.29, 0.717) is 0 Å². The lowest BCUT2D eigenvalue weighted by molar-refractivity contribution is 0.184. The van der Waals surface area contributed by atoms with Crippen LogP contribution in [0.3, 0.4) is 0 Å². The van der Waals surface area contributed by atoms with Gasteiger partial charge in [-0.2, -0.15) is 0 Å². The zero-order valence-corrected chi connectivity index (χ0v) is 6.64. The topological polar surface area (TPSA) is 58.3 Å². The van der Waals surface area contributed by atoms with Crippen molar-refractivity contribution in [1.82, 2.24) is 5.32 Å². The molecule has 0 rings (SSSR count). The molecule has 1 atom stereocenters. The summed E-state index contributed by atoms with van der Waals surface area (Å²) < 4.78 is 0. The predicted molar refractivity (Wildman–Crippen MR) is 42.8 cm³/mol. The minimum absolute atomic E-state index is 0.189. The van der Waals surface area contributed by atoms with E-state index >= 15 is 0 Å². The summed E-state index contributed by atoms with van der Waals surface area (Å²) >= 11 is 0. The average Bonchev–Trinajstić information content (AvgIpc) is 1.87. The van der Waals surface area contributed by atoms with Crippen molar-refractivity contribution < 1.29 is 5.11 Å². The Morgan fingerprint density at radius 2 is 2.20 bits per heavy atom. The first kappa shape index (κ1) is 9.88. The van der Waals surface area contributed by atoms with Crippen LogP contribution in [0.25, 0.3) is 0 Å². The van der Waals surface area contributed by atoms with E-state index in [9.17, 15) is 0 Å². The minimum atomic E-state index is -0.189. The van der Waals surface area contributed by atoms with Crippen LogP contribution >= 0.6 is 0 Å². The summed E-state index contributed by atoms with van der Waals surface area (Å²) in [5.74, 6) is 0. The van der Waals surface area contributed by atoms with Crippen LogP contribution in [0.2, 0.25) is 0 Å². The summed E-state index contributed by atoms with van der Waals surface area (Å²) in [7, 11) is 0. The molecule has 0 heterocycles. The Kier molecular flexibility index (Phi) is 6.91. The number of aliphatic hydroxyl groups excluding tert-OH is 1. The van der Waals surface area contributed by atoms with E-state index in [1.165, 1.54) is 0 Å². The third-order valence-electron chi connectivity index (χ3n) is 1.30. The molecule has 0 aromatic carbocycles. The smallest absolute Gasteiger partial charge is 0.0524 e. The molecule has 0 saturated heterocycles. The van der Waals surface area contributed by atoms with E-state index in [4.69, 9.17) is 10.8 Å². The molecule has 3 heteroatoms. The Balaban J connectivity index is 2.77. The van der Waals surface area contributed by atoms with Gasteiger partial charge >= 0.3 is 0 Å². The summed E-state index contributed by atoms with van der Waals surface area (Å²) in [6, 6.07) is 0. The molecule has 0 aromatic heterocycles. The molecule has 4 N–H and O–H groups in total. The van der Waals surface area contributed by atoms with Crippen LogP contribution in [0.5, 0.6) is 0 Å². The normalized spacial score (nSPS) is 13.5. The molecule has 0 aliphatic carbocycles. The van der Waals surface area contributed by atoms with Gasteiger partial charge in [0.15, 0.2) is 0 Å². The van der Waals surface area contributed by atoms with Gasteiger partial charge in [-0.15, -0.1) is 0 Å². The summed E-state index contributed by atoms with van der Waals surface area (Å²) in [5.41, 5.74) is 5.28. The fourth-order valence-electron chi connectivity index (χ4n) is 0.663. The lowest BCUT2D eigenvalue weighted by Crippen LogP contribution is -2.21. The molecule has 62 valence electrons. The Bertz CT molecular complexity index is 66.6. The van der Waals surface area contributed by atoms with Crippen LogP contribution in [0.1, 0.15) is 19.8 Å². The number of hydrogen-bond donors (Lipinski definition) is 3. The first-order chi connectivity index (χ1) is 4.77. The highest BCUT2D eigenvalue weighted by molar-refractivity contribution is 4.52. The Labute approximate surface area is 62.6 Å². The molecular weight excluding hydrogens is 128 g/mol. The lowest BCUT2D eigenvalue weighted by Gasteiger charge is -2.04. The second-order valence-corrected chi connectivity index (χ2v) is 2.53. The monoisotopic (exact) mass is 146 g/mol. The third-order valence-corrected chi connectivity index (χ3v) is 1.30. The quantitative estimate of drug-likeness (QED) is 0.451. The van der Waals surface area contributed by atoms with Crippen LogP contribution < -0.4 is 11.1 Å². The first-order valence-corrected chi connectivity index (χ1v) is 3.86. The molecule has 0 aliphatic rings. The number of nitrogens with one attached hydrogen (secondary N) is 1. The van der Waals surface area contributed by atoms with Gasteiger partial charge in [-0.3, -0.25) is 0 Å². The van der Waals surface area contributed by atoms with E-state index < -0.39 is 0 Å². The third kappa shape index (κ3) is 7.88. The van der Waals surface area contributed by atoms with Crippen molar-refractivity contribution in [1.29, 1.82) is 0 Å². The number of rotatable bonds is 6. The molecule has 0 radical (unpaired) electrons. The zero-order valence-electron chi connectivity index (χ0n) is 6.64. The first-order valence-electron chi connectivity index (χ1n) is 3.86. The molecule has 3 nitrogen and oxygen atoms in total. The van der Waals surface area contributed by atoms with E-state index in [1.54, 1.807) is 6.92 Å². The summed E-state index contributed by atoms with van der Waals surface area (Å²) in [4.78, 5) is 0. The molecule has 0 saturated carbocycles. The Morgan fingerprint density at radius 3 is 2.70 bits per heavy atom. The molecule has 0 fully saturated rings. The largest absolute Gasteiger partial charge is 0.393 e. The van der Waals surface area contributed by atoms with Crippen molar-refractivity contribution in [3.05, 3.63) is 0 Å². The molecule has 0 amide bonds. The van der Waals surface area contributed by atoms with Gasteiger partial charge in [-0.1, -0.05) is 0 Å². The minimum Gasteiger partial charge on any atom is -0.393 e. The van der Waals surface area contributed by atoms with Crippen LogP contribution in [0.15, 0.2) is 0 Å². The molecule has 0 bridgehead atoms. The van der Waals surface area contributed by atoms with E-state index in [0.717, 1.165) is 32.5 Å². The van der Waals surface area contributed by atoms with Gasteiger partial charge in [-0.05, 0) is 39.4 Å². The van der Waals surface area contributed by atoms with Gasteiger partial charge in [-0.25, -0.2) is 0 Å². The highest BCUT2D eigenvalue weighted by Crippen LogP contribution is 1.85. The molecule has 1 unspecified atom stereocenters. The molecule has 0 spiro atoms. The lowest BCUT2D eigenvalue weighted by atomic mass is 10.3. The highest BCUT2D eigenvalue weighted by atomic mass is 16.3. The van der Waals surface area contributed by atoms with Crippen molar-refractivity contribution in [2.45, 2.75) is 25.9 Å². The van der Waals surface area contributed by atoms with E-state index in [1.807, 2.05) is 0 Å². The Morgan fingerprint density at radius 1 is 1.50 bits per heavy atom. The van der Waals surface area contributed by atoms with Gasteiger partial charge < -0.3 is 16.2 Å². The second kappa shape index (κ2) is 6.99. The maximum Gasteiger partial charge on any atom is 0.0524 e. The highest BCUT2D eigenvalue weighted by Gasteiger charge is 1.92. The zero-order chi connectivity index (χ0) is 7.82. The second-order valence-electron chi connectivity index (χ2n) is 2.53. The van der Waals surface area contributed by atoms with Crippen LogP contribution in [-0.2, 0) is 0 Å². The predicted octanol–water partition coefficient (Wildman–Crippen LogP) is -0.304. The summed E-state index contributed by atoms with van der Waals surface area (Å²) in [6.07, 6.45) is 1.65. The van der Waals surface area contributed by atoms with Crippen molar-refractivity contribution in [2.24, 2.45) is 5.73 Å². The fraction of sp³-hybridized carbons (Fsp3) is 1.00. The van der Waals surface area contributed by atoms with Crippen LogP contribution in [0.4, 0.5) is 0 Å². The van der Waals surface area contributed by atoms with E-state index in [2.05, 4.69) is 5.32 Å². The summed E-state index contributed by atoms with van der Waals surface area (Å²) in [6.45, 7) is 4.38. The standard InChI is InChI=1S/C7H18N2O/c1-7(10)3-6-9-5-2-4-8/h7,9-10H,2-6,8H2,1H3. The maximum atomic E-state index is 8.84. The van der Waals surface area contributed by atoms with Crippen LogP contribution in [-0.4, -0.2) is 30.8 Å². The van der Waals surface area contributed by atoms with Gasteiger partial charge in [0, 0.05) is 0 Å². The van der Waals surface area contributed by atoms with E-state index in [-0.39, 0.29) is 6.10 Å².